The van der Waals surface area contributed by atoms with Gasteiger partial charge in [-0.1, -0.05) is 12.1 Å². The number of anilines is 1. The molecule has 2 aromatic carbocycles. The number of nitrogens with zero attached hydrogens (tertiary/aromatic N) is 1. The van der Waals surface area contributed by atoms with Gasteiger partial charge in [0.25, 0.3) is 0 Å². The molecule has 0 aliphatic heterocycles. The molecular weight excluding hydrogens is 357 g/mol. The lowest BCUT2D eigenvalue weighted by atomic mass is 10.1. The Morgan fingerprint density at radius 2 is 1.95 bits per heavy atom. The van der Waals surface area contributed by atoms with E-state index in [1.165, 1.54) is 6.07 Å². The first-order chi connectivity index (χ1) is 10.3. The van der Waals surface area contributed by atoms with E-state index < -0.39 is 17.3 Å². The highest BCUT2D eigenvalue weighted by Gasteiger charge is 2.33. The van der Waals surface area contributed by atoms with Crippen molar-refractivity contribution in [2.24, 2.45) is 0 Å². The Morgan fingerprint density at radius 3 is 2.50 bits per heavy atom. The molecule has 2 nitrogen and oxygen atoms in total. The first kappa shape index (κ1) is 16.2. The van der Waals surface area contributed by atoms with Crippen molar-refractivity contribution < 1.29 is 13.2 Å². The topological polar surface area (TPSA) is 35.8 Å². The predicted molar refractivity (Wildman–Crippen MR) is 80.0 cm³/mol. The molecule has 6 heteroatoms. The third-order valence-electron chi connectivity index (χ3n) is 3.03. The zero-order valence-electron chi connectivity index (χ0n) is 11.4. The lowest BCUT2D eigenvalue weighted by molar-refractivity contribution is -0.137. The number of nitrogens with one attached hydrogen (secondary N) is 1. The summed E-state index contributed by atoms with van der Waals surface area (Å²) >= 11 is 3.25. The Hall–Kier alpha value is -2.18. The maximum Gasteiger partial charge on any atom is 0.417 e. The van der Waals surface area contributed by atoms with Gasteiger partial charge in [-0.15, -0.1) is 0 Å². The van der Waals surface area contributed by atoms with Crippen LogP contribution in [0.25, 0.3) is 0 Å². The molecule has 0 radical (unpaired) electrons. The van der Waals surface area contributed by atoms with Crippen LogP contribution in [0.2, 0.25) is 0 Å². The van der Waals surface area contributed by atoms with Gasteiger partial charge in [-0.25, -0.2) is 0 Å². The highest BCUT2D eigenvalue weighted by atomic mass is 79.9. The van der Waals surface area contributed by atoms with E-state index in [4.69, 9.17) is 5.26 Å². The van der Waals surface area contributed by atoms with E-state index in [1.54, 1.807) is 25.1 Å². The summed E-state index contributed by atoms with van der Waals surface area (Å²) in [5.41, 5.74) is -0.288. The zero-order chi connectivity index (χ0) is 16.3. The molecule has 0 saturated carbocycles. The molecule has 0 unspecified atom stereocenters. The number of rotatable bonds is 3. The van der Waals surface area contributed by atoms with Crippen molar-refractivity contribution in [2.75, 3.05) is 5.32 Å². The number of alkyl halides is 3. The van der Waals surface area contributed by atoms with E-state index in [0.717, 1.165) is 22.2 Å². The van der Waals surface area contributed by atoms with Crippen molar-refractivity contribution in [3.05, 3.63) is 63.6 Å². The van der Waals surface area contributed by atoms with Gasteiger partial charge in [0.1, 0.15) is 0 Å². The monoisotopic (exact) mass is 366 g/mol. The molecule has 2 aromatic rings. The molecule has 0 aliphatic carbocycles. The normalized spacial score (nSPS) is 12.2. The van der Waals surface area contributed by atoms with Gasteiger partial charge in [0, 0.05) is 11.3 Å². The summed E-state index contributed by atoms with van der Waals surface area (Å²) in [6.45, 7) is 1.80. The van der Waals surface area contributed by atoms with E-state index in [0.29, 0.717) is 0 Å². The Balaban J connectivity index is 2.27. The number of halogens is 4. The molecule has 22 heavy (non-hydrogen) atoms. The molecule has 1 atom stereocenters. The molecule has 2 rings (SSSR count). The number of nitriles is 1. The van der Waals surface area contributed by atoms with Gasteiger partial charge in [0.15, 0.2) is 0 Å². The molecule has 0 fully saturated rings. The van der Waals surface area contributed by atoms with Gasteiger partial charge in [0.05, 0.1) is 27.7 Å². The van der Waals surface area contributed by atoms with Crippen LogP contribution >= 0.6 is 15.9 Å². The van der Waals surface area contributed by atoms with Crippen molar-refractivity contribution in [1.29, 1.82) is 5.26 Å². The Morgan fingerprint density at radius 1 is 1.23 bits per heavy atom. The molecule has 112 valence electrons. The fourth-order valence-corrected chi connectivity index (χ4v) is 2.16. The lowest BCUT2D eigenvalue weighted by Gasteiger charge is -2.16. The van der Waals surface area contributed by atoms with Crippen molar-refractivity contribution in [1.82, 2.24) is 0 Å². The third-order valence-corrected chi connectivity index (χ3v) is 3.49. The molecule has 1 N–H and O–H groups in total. The standard InChI is InChI=1S/C16H10BrF3N2/c1-10(11-2-5-13(17)6-3-11)22-14-7-4-12(9-21)15(8-14)16(18,19)20/h2,4-5,7-8,10,22H,1H3/t10-/m1/s1. The van der Waals surface area contributed by atoms with Gasteiger partial charge in [0.2, 0.25) is 0 Å². The average molecular weight is 367 g/mol. The van der Waals surface area contributed by atoms with E-state index in [2.05, 4.69) is 33.4 Å². The van der Waals surface area contributed by atoms with E-state index in [-0.39, 0.29) is 11.7 Å². The maximum atomic E-state index is 12.9. The summed E-state index contributed by atoms with van der Waals surface area (Å²) in [5, 5.41) is 11.7. The van der Waals surface area contributed by atoms with Crippen LogP contribution in [0, 0.1) is 23.5 Å². The van der Waals surface area contributed by atoms with Gasteiger partial charge in [-0.05, 0) is 53.2 Å². The predicted octanol–water partition coefficient (Wildman–Crippen LogP) is 5.11. The minimum absolute atomic E-state index is 0.252. The smallest absolute Gasteiger partial charge is 0.378 e. The second-order valence-corrected chi connectivity index (χ2v) is 5.48. The second kappa shape index (κ2) is 6.29. The third kappa shape index (κ3) is 3.72. The van der Waals surface area contributed by atoms with Gasteiger partial charge in [-0.2, -0.15) is 18.4 Å². The van der Waals surface area contributed by atoms with Crippen molar-refractivity contribution >= 4 is 21.6 Å². The fourth-order valence-electron chi connectivity index (χ4n) is 1.92. The quantitative estimate of drug-likeness (QED) is 0.818. The van der Waals surface area contributed by atoms with Gasteiger partial charge >= 0.3 is 6.18 Å². The van der Waals surface area contributed by atoms with Gasteiger partial charge < -0.3 is 5.32 Å². The number of benzene rings is 1. The lowest BCUT2D eigenvalue weighted by Crippen LogP contribution is -2.11. The summed E-state index contributed by atoms with van der Waals surface area (Å²) in [6, 6.07) is 14.2. The van der Waals surface area contributed by atoms with Crippen LogP contribution in [-0.4, -0.2) is 0 Å². The molecule has 0 amide bonds. The van der Waals surface area contributed by atoms with Crippen LogP contribution in [0.5, 0.6) is 0 Å². The number of hydrogen-bond donors (Lipinski definition) is 1. The summed E-state index contributed by atoms with van der Waals surface area (Å²) < 4.78 is 39.5. The van der Waals surface area contributed by atoms with E-state index in [9.17, 15) is 13.2 Å². The van der Waals surface area contributed by atoms with Crippen molar-refractivity contribution in [3.63, 3.8) is 0 Å². The Bertz CT molecular complexity index is 703. The van der Waals surface area contributed by atoms with Crippen LogP contribution in [0.3, 0.4) is 0 Å². The fraction of sp³-hybridized carbons (Fsp3) is 0.188. The van der Waals surface area contributed by atoms with E-state index >= 15 is 0 Å². The molecule has 0 heterocycles. The zero-order valence-corrected chi connectivity index (χ0v) is 13.0. The molecule has 0 aromatic heterocycles. The van der Waals surface area contributed by atoms with Crippen LogP contribution in [0.1, 0.15) is 29.7 Å². The molecule has 0 bridgehead atoms. The molecule has 0 aliphatic rings. The first-order valence-corrected chi connectivity index (χ1v) is 7.08. The SMILES string of the molecule is C[C@@H](Nc1ccc(C#N)c(C(F)(F)F)c1)c1c#cc(Br)cc1. The van der Waals surface area contributed by atoms with Gasteiger partial charge in [-0.3, -0.25) is 0 Å². The van der Waals surface area contributed by atoms with E-state index in [1.807, 2.05) is 0 Å². The summed E-state index contributed by atoms with van der Waals surface area (Å²) in [7, 11) is 0. The largest absolute Gasteiger partial charge is 0.417 e. The maximum absolute atomic E-state index is 12.9. The van der Waals surface area contributed by atoms with Crippen LogP contribution in [0.15, 0.2) is 34.8 Å². The number of hydrogen-bond acceptors (Lipinski definition) is 2. The highest BCUT2D eigenvalue weighted by Crippen LogP contribution is 2.34. The summed E-state index contributed by atoms with van der Waals surface area (Å²) in [6.07, 6.45) is -4.57. The minimum Gasteiger partial charge on any atom is -0.378 e. The average Bonchev–Trinajstić information content (AvgIpc) is 2.47. The Kier molecular flexibility index (Phi) is 4.63. The molecule has 0 spiro atoms. The minimum atomic E-state index is -4.57. The second-order valence-electron chi connectivity index (χ2n) is 4.62. The summed E-state index contributed by atoms with van der Waals surface area (Å²) in [5.74, 6) is 0. The highest BCUT2D eigenvalue weighted by molar-refractivity contribution is 9.10. The Labute approximate surface area is 134 Å². The van der Waals surface area contributed by atoms with Crippen LogP contribution in [0.4, 0.5) is 18.9 Å². The van der Waals surface area contributed by atoms with Crippen molar-refractivity contribution in [2.45, 2.75) is 19.1 Å². The van der Waals surface area contributed by atoms with Crippen molar-refractivity contribution in [3.8, 4) is 6.07 Å². The van der Waals surface area contributed by atoms with Crippen LogP contribution < -0.4 is 5.32 Å². The molecule has 0 saturated heterocycles. The first-order valence-electron chi connectivity index (χ1n) is 6.28. The molecular formula is C16H10BrF3N2. The summed E-state index contributed by atoms with van der Waals surface area (Å²) in [4.78, 5) is 0. The van der Waals surface area contributed by atoms with Crippen LogP contribution in [-0.2, 0) is 6.18 Å².